The molecule has 2 rings (SSSR count). The van der Waals surface area contributed by atoms with E-state index < -0.39 is 27.1 Å². The average Bonchev–Trinajstić information content (AvgIpc) is 2.90. The van der Waals surface area contributed by atoms with Gasteiger partial charge in [-0.1, -0.05) is 12.2 Å². The molecule has 1 N–H and O–H groups in total. The quantitative estimate of drug-likeness (QED) is 0.431. The maximum atomic E-state index is 12.5. The van der Waals surface area contributed by atoms with Gasteiger partial charge in [-0.25, -0.2) is 13.1 Å². The van der Waals surface area contributed by atoms with Crippen LogP contribution in [0.1, 0.15) is 13.8 Å². The fourth-order valence-electron chi connectivity index (χ4n) is 2.49. The van der Waals surface area contributed by atoms with Gasteiger partial charge in [-0.15, -0.1) is 0 Å². The van der Waals surface area contributed by atoms with Crippen LogP contribution in [0, 0.1) is 10.1 Å². The number of benzene rings is 1. The van der Waals surface area contributed by atoms with Crippen LogP contribution in [0.25, 0.3) is 0 Å². The molecule has 8 nitrogen and oxygen atoms in total. The lowest BCUT2D eigenvalue weighted by atomic mass is 10.2. The highest BCUT2D eigenvalue weighted by Gasteiger charge is 2.35. The van der Waals surface area contributed by atoms with Crippen molar-refractivity contribution in [2.24, 2.45) is 0 Å². The summed E-state index contributed by atoms with van der Waals surface area (Å²) in [6, 6.07) is 4.15. The molecule has 0 aromatic heterocycles. The van der Waals surface area contributed by atoms with Crippen molar-refractivity contribution >= 4 is 15.7 Å². The van der Waals surface area contributed by atoms with Crippen molar-refractivity contribution in [2.45, 2.75) is 37.0 Å². The molecule has 0 aliphatic heterocycles. The fraction of sp³-hybridized carbons (Fsp3) is 0.467. The van der Waals surface area contributed by atoms with Gasteiger partial charge in [-0.05, 0) is 26.0 Å². The van der Waals surface area contributed by atoms with Crippen LogP contribution in [0.5, 0.6) is 0 Å². The van der Waals surface area contributed by atoms with Gasteiger partial charge in [0.05, 0.1) is 15.9 Å². The summed E-state index contributed by atoms with van der Waals surface area (Å²) in [5.74, 6) is 0. The van der Waals surface area contributed by atoms with Crippen LogP contribution >= 0.6 is 0 Å². The molecule has 0 saturated heterocycles. The van der Waals surface area contributed by atoms with Crippen molar-refractivity contribution in [1.82, 2.24) is 4.72 Å². The van der Waals surface area contributed by atoms with Crippen LogP contribution in [0.15, 0.2) is 41.3 Å². The Labute approximate surface area is 140 Å². The number of hydrogen-bond donors (Lipinski definition) is 1. The molecule has 0 spiro atoms. The van der Waals surface area contributed by atoms with Gasteiger partial charge >= 0.3 is 0 Å². The van der Waals surface area contributed by atoms with Gasteiger partial charge in [0.2, 0.25) is 10.0 Å². The Balaban J connectivity index is 2.15. The lowest BCUT2D eigenvalue weighted by Gasteiger charge is -2.25. The van der Waals surface area contributed by atoms with Crippen LogP contribution < -0.4 is 4.72 Å². The first kappa shape index (κ1) is 18.5. The zero-order chi connectivity index (χ0) is 17.7. The van der Waals surface area contributed by atoms with E-state index >= 15 is 0 Å². The minimum absolute atomic E-state index is 0.0448. The molecule has 9 heteroatoms. The Morgan fingerprint density at radius 1 is 1.12 bits per heavy atom. The number of non-ortho nitro benzene ring substituents is 1. The van der Waals surface area contributed by atoms with E-state index in [9.17, 15) is 18.5 Å². The van der Waals surface area contributed by atoms with Gasteiger partial charge in [0, 0.05) is 25.3 Å². The Bertz CT molecular complexity index is 701. The molecule has 0 amide bonds. The summed E-state index contributed by atoms with van der Waals surface area (Å²) in [5, 5.41) is 10.7. The van der Waals surface area contributed by atoms with Crippen molar-refractivity contribution in [3.63, 3.8) is 0 Å². The summed E-state index contributed by atoms with van der Waals surface area (Å²) in [7, 11) is -3.84. The number of rotatable bonds is 8. The molecule has 24 heavy (non-hydrogen) atoms. The number of nitrogens with zero attached hydrogens (tertiary/aromatic N) is 1. The maximum absolute atomic E-state index is 12.5. The predicted molar refractivity (Wildman–Crippen MR) is 87.2 cm³/mol. The van der Waals surface area contributed by atoms with Crippen LogP contribution in [0.3, 0.4) is 0 Å². The third-order valence-corrected chi connectivity index (χ3v) is 5.03. The SMILES string of the molecule is CCO[C@H]1[C@H](NS(=O)(=O)c2ccc([N+](=O)[O-])cc2)C=C[C@H]1OCC. The minimum atomic E-state index is -3.84. The van der Waals surface area contributed by atoms with E-state index in [1.807, 2.05) is 13.8 Å². The first-order valence-corrected chi connectivity index (χ1v) is 9.05. The first-order valence-electron chi connectivity index (χ1n) is 7.57. The number of nitro benzene ring substituents is 1. The molecule has 0 fully saturated rings. The second kappa shape index (κ2) is 7.84. The summed E-state index contributed by atoms with van der Waals surface area (Å²) < 4.78 is 38.6. The highest BCUT2D eigenvalue weighted by molar-refractivity contribution is 7.89. The highest BCUT2D eigenvalue weighted by atomic mass is 32.2. The lowest BCUT2D eigenvalue weighted by molar-refractivity contribution is -0.384. The predicted octanol–water partition coefficient (Wildman–Crippen LogP) is 1.62. The summed E-state index contributed by atoms with van der Waals surface area (Å²) in [6.07, 6.45) is 2.69. The Morgan fingerprint density at radius 3 is 2.29 bits per heavy atom. The number of ether oxygens (including phenoxy) is 2. The van der Waals surface area contributed by atoms with Crippen LogP contribution in [0.2, 0.25) is 0 Å². The third kappa shape index (κ3) is 4.18. The van der Waals surface area contributed by atoms with Crippen molar-refractivity contribution in [1.29, 1.82) is 0 Å². The van der Waals surface area contributed by atoms with E-state index in [1.165, 1.54) is 12.1 Å². The molecule has 132 valence electrons. The normalized spacial score (nSPS) is 23.5. The van der Waals surface area contributed by atoms with Gasteiger partial charge in [0.25, 0.3) is 5.69 Å². The van der Waals surface area contributed by atoms with E-state index in [1.54, 1.807) is 12.2 Å². The summed E-state index contributed by atoms with van der Waals surface area (Å²) in [6.45, 7) is 4.58. The Kier molecular flexibility index (Phi) is 6.05. The van der Waals surface area contributed by atoms with Crippen LogP contribution in [-0.4, -0.2) is 44.8 Å². The molecule has 1 aliphatic rings. The van der Waals surface area contributed by atoms with Gasteiger partial charge < -0.3 is 9.47 Å². The minimum Gasteiger partial charge on any atom is -0.373 e. The van der Waals surface area contributed by atoms with Crippen LogP contribution in [-0.2, 0) is 19.5 Å². The maximum Gasteiger partial charge on any atom is 0.269 e. The average molecular weight is 356 g/mol. The second-order valence-electron chi connectivity index (χ2n) is 5.12. The third-order valence-electron chi connectivity index (χ3n) is 3.55. The zero-order valence-corrected chi connectivity index (χ0v) is 14.2. The number of nitrogens with one attached hydrogen (secondary N) is 1. The van der Waals surface area contributed by atoms with Crippen molar-refractivity contribution in [3.8, 4) is 0 Å². The van der Waals surface area contributed by atoms with Crippen molar-refractivity contribution in [3.05, 3.63) is 46.5 Å². The Morgan fingerprint density at radius 2 is 1.75 bits per heavy atom. The molecule has 1 aliphatic carbocycles. The molecular weight excluding hydrogens is 336 g/mol. The number of sulfonamides is 1. The van der Waals surface area contributed by atoms with Crippen LogP contribution in [0.4, 0.5) is 5.69 Å². The first-order chi connectivity index (χ1) is 11.4. The zero-order valence-electron chi connectivity index (χ0n) is 13.4. The molecular formula is C15H20N2O6S. The fourth-order valence-corrected chi connectivity index (χ4v) is 3.69. The van der Waals surface area contributed by atoms with Gasteiger partial charge in [-0.3, -0.25) is 10.1 Å². The number of hydrogen-bond acceptors (Lipinski definition) is 6. The highest BCUT2D eigenvalue weighted by Crippen LogP contribution is 2.22. The molecule has 1 aromatic rings. The largest absolute Gasteiger partial charge is 0.373 e. The molecule has 0 heterocycles. The smallest absolute Gasteiger partial charge is 0.269 e. The molecule has 0 radical (unpaired) electrons. The molecule has 1 aromatic carbocycles. The molecule has 0 saturated carbocycles. The van der Waals surface area contributed by atoms with Gasteiger partial charge in [-0.2, -0.15) is 0 Å². The lowest BCUT2D eigenvalue weighted by Crippen LogP contribution is -2.45. The van der Waals surface area contributed by atoms with E-state index in [0.29, 0.717) is 13.2 Å². The Hall–Kier alpha value is -1.81. The van der Waals surface area contributed by atoms with Gasteiger partial charge in [0.1, 0.15) is 12.2 Å². The summed E-state index contributed by atoms with van der Waals surface area (Å²) in [5.41, 5.74) is -0.168. The van der Waals surface area contributed by atoms with Gasteiger partial charge in [0.15, 0.2) is 0 Å². The second-order valence-corrected chi connectivity index (χ2v) is 6.84. The van der Waals surface area contributed by atoms with E-state index in [-0.39, 0.29) is 16.7 Å². The number of nitro groups is 1. The summed E-state index contributed by atoms with van der Waals surface area (Å²) in [4.78, 5) is 10.0. The molecule has 0 bridgehead atoms. The van der Waals surface area contributed by atoms with E-state index in [0.717, 1.165) is 12.1 Å². The topological polar surface area (TPSA) is 108 Å². The summed E-state index contributed by atoms with van der Waals surface area (Å²) >= 11 is 0. The molecule has 3 atom stereocenters. The van der Waals surface area contributed by atoms with Crippen molar-refractivity contribution < 1.29 is 22.8 Å². The van der Waals surface area contributed by atoms with Crippen molar-refractivity contribution in [2.75, 3.05) is 13.2 Å². The van der Waals surface area contributed by atoms with E-state index in [2.05, 4.69) is 4.72 Å². The standard InChI is InChI=1S/C15H20N2O6S/c1-3-22-14-10-9-13(15(14)23-4-2)16-24(20,21)12-7-5-11(6-8-12)17(18)19/h5-10,13-16H,3-4H2,1-2H3/t13-,14-,15+/m1/s1. The molecule has 0 unspecified atom stereocenters. The van der Waals surface area contributed by atoms with E-state index in [4.69, 9.17) is 9.47 Å². The monoisotopic (exact) mass is 356 g/mol.